The lowest BCUT2D eigenvalue weighted by Gasteiger charge is -2.30. The highest BCUT2D eigenvalue weighted by Gasteiger charge is 2.26. The molecule has 1 fully saturated rings. The summed E-state index contributed by atoms with van der Waals surface area (Å²) in [6, 6.07) is 9.73. The second kappa shape index (κ2) is 9.99. The summed E-state index contributed by atoms with van der Waals surface area (Å²) in [6.07, 6.45) is 5.73. The van der Waals surface area contributed by atoms with Crippen LogP contribution in [0.5, 0.6) is 0 Å². The summed E-state index contributed by atoms with van der Waals surface area (Å²) in [4.78, 5) is 26.2. The van der Waals surface area contributed by atoms with E-state index in [4.69, 9.17) is 0 Å². The topological polar surface area (TPSA) is 69.6 Å². The molecule has 0 aromatic heterocycles. The lowest BCUT2D eigenvalue weighted by Crippen LogP contribution is -2.42. The predicted octanol–water partition coefficient (Wildman–Crippen LogP) is 2.22. The number of piperidine rings is 1. The second-order valence-electron chi connectivity index (χ2n) is 6.49. The summed E-state index contributed by atoms with van der Waals surface area (Å²) in [5.41, 5.74) is 0.999. The van der Waals surface area contributed by atoms with Gasteiger partial charge in [-0.15, -0.1) is 0 Å². The number of rotatable bonds is 7. The Hall–Kier alpha value is -2.14. The van der Waals surface area contributed by atoms with Crippen LogP contribution in [0.25, 0.3) is 6.08 Å². The fraction of sp³-hybridized carbons (Fsp3) is 0.500. The zero-order valence-electron chi connectivity index (χ0n) is 14.9. The zero-order chi connectivity index (χ0) is 18.1. The summed E-state index contributed by atoms with van der Waals surface area (Å²) in [5, 5.41) is 12.4. The normalized spacial score (nSPS) is 16.8. The highest BCUT2D eigenvalue weighted by Crippen LogP contribution is 2.18. The number of amides is 2. The summed E-state index contributed by atoms with van der Waals surface area (Å²) >= 11 is 0. The van der Waals surface area contributed by atoms with Gasteiger partial charge >= 0.3 is 0 Å². The van der Waals surface area contributed by atoms with Gasteiger partial charge in [-0.1, -0.05) is 37.3 Å². The van der Waals surface area contributed by atoms with Gasteiger partial charge < -0.3 is 15.3 Å². The minimum Gasteiger partial charge on any atom is -0.393 e. The molecule has 1 heterocycles. The van der Waals surface area contributed by atoms with E-state index >= 15 is 0 Å². The van der Waals surface area contributed by atoms with Gasteiger partial charge in [0.05, 0.1) is 6.10 Å². The molecule has 1 unspecified atom stereocenters. The van der Waals surface area contributed by atoms with Crippen molar-refractivity contribution < 1.29 is 14.7 Å². The van der Waals surface area contributed by atoms with E-state index in [1.165, 1.54) is 0 Å². The van der Waals surface area contributed by atoms with Crippen LogP contribution in [-0.4, -0.2) is 47.6 Å². The average Bonchev–Trinajstić information content (AvgIpc) is 2.66. The van der Waals surface area contributed by atoms with Crippen LogP contribution in [0.4, 0.5) is 0 Å². The molecule has 1 aliphatic heterocycles. The fourth-order valence-electron chi connectivity index (χ4n) is 2.91. The van der Waals surface area contributed by atoms with E-state index < -0.39 is 0 Å². The number of aliphatic hydroxyl groups excluding tert-OH is 1. The van der Waals surface area contributed by atoms with Crippen LogP contribution in [0, 0.1) is 5.92 Å². The molecule has 5 heteroatoms. The van der Waals surface area contributed by atoms with Crippen molar-refractivity contribution in [2.24, 2.45) is 5.92 Å². The standard InChI is InChI=1S/C20H28N2O3/c1-2-18(23)10-13-21-20(25)17-11-14-22(15-12-17)19(24)9-8-16-6-4-3-5-7-16/h3-9,17-18,23H,2,10-15H2,1H3,(H,21,25)/b9-8+. The van der Waals surface area contributed by atoms with Gasteiger partial charge in [0, 0.05) is 31.6 Å². The summed E-state index contributed by atoms with van der Waals surface area (Å²) in [6.45, 7) is 3.64. The predicted molar refractivity (Wildman–Crippen MR) is 98.7 cm³/mol. The van der Waals surface area contributed by atoms with Crippen LogP contribution in [0.3, 0.4) is 0 Å². The first-order valence-corrected chi connectivity index (χ1v) is 9.08. The minimum atomic E-state index is -0.351. The SMILES string of the molecule is CCC(O)CCNC(=O)C1CCN(C(=O)/C=C/c2ccccc2)CC1. The maximum absolute atomic E-state index is 12.2. The molecule has 1 aromatic rings. The maximum Gasteiger partial charge on any atom is 0.246 e. The van der Waals surface area contributed by atoms with Gasteiger partial charge in [0.15, 0.2) is 0 Å². The number of likely N-dealkylation sites (tertiary alicyclic amines) is 1. The third-order valence-corrected chi connectivity index (χ3v) is 4.64. The lowest BCUT2D eigenvalue weighted by atomic mass is 9.95. The van der Waals surface area contributed by atoms with Gasteiger partial charge in [-0.25, -0.2) is 0 Å². The lowest BCUT2D eigenvalue weighted by molar-refractivity contribution is -0.132. The van der Waals surface area contributed by atoms with Crippen LogP contribution in [0.2, 0.25) is 0 Å². The molecule has 5 nitrogen and oxygen atoms in total. The number of benzene rings is 1. The van der Waals surface area contributed by atoms with Crippen molar-refractivity contribution in [2.45, 2.75) is 38.7 Å². The highest BCUT2D eigenvalue weighted by molar-refractivity contribution is 5.92. The Morgan fingerprint density at radius 2 is 1.96 bits per heavy atom. The molecule has 0 radical (unpaired) electrons. The van der Waals surface area contributed by atoms with E-state index in [0.717, 1.165) is 5.56 Å². The number of nitrogens with zero attached hydrogens (tertiary/aromatic N) is 1. The van der Waals surface area contributed by atoms with E-state index in [9.17, 15) is 14.7 Å². The average molecular weight is 344 g/mol. The molecule has 25 heavy (non-hydrogen) atoms. The second-order valence-corrected chi connectivity index (χ2v) is 6.49. The Kier molecular flexibility index (Phi) is 7.67. The number of carbonyl (C=O) groups excluding carboxylic acids is 2. The Labute approximate surface area is 149 Å². The van der Waals surface area contributed by atoms with E-state index in [-0.39, 0.29) is 23.8 Å². The third kappa shape index (κ3) is 6.35. The number of nitrogens with one attached hydrogen (secondary N) is 1. The molecule has 2 amide bonds. The molecular formula is C20H28N2O3. The number of hydrogen-bond acceptors (Lipinski definition) is 3. The molecule has 2 rings (SSSR count). The Bertz CT molecular complexity index is 578. The monoisotopic (exact) mass is 344 g/mol. The molecule has 1 atom stereocenters. The van der Waals surface area contributed by atoms with Gasteiger partial charge in [0.25, 0.3) is 0 Å². The first kappa shape index (κ1) is 19.2. The Morgan fingerprint density at radius 3 is 2.60 bits per heavy atom. The molecule has 136 valence electrons. The molecule has 1 aliphatic rings. The largest absolute Gasteiger partial charge is 0.393 e. The van der Waals surface area contributed by atoms with Crippen molar-refractivity contribution in [3.63, 3.8) is 0 Å². The smallest absolute Gasteiger partial charge is 0.246 e. The first-order valence-electron chi connectivity index (χ1n) is 9.08. The molecule has 1 saturated heterocycles. The highest BCUT2D eigenvalue weighted by atomic mass is 16.3. The van der Waals surface area contributed by atoms with Crippen LogP contribution in [0.1, 0.15) is 38.2 Å². The van der Waals surface area contributed by atoms with Gasteiger partial charge in [-0.3, -0.25) is 9.59 Å². The fourth-order valence-corrected chi connectivity index (χ4v) is 2.91. The van der Waals surface area contributed by atoms with E-state index in [1.54, 1.807) is 11.0 Å². The van der Waals surface area contributed by atoms with Crippen LogP contribution in [-0.2, 0) is 9.59 Å². The van der Waals surface area contributed by atoms with Crippen LogP contribution in [0.15, 0.2) is 36.4 Å². The third-order valence-electron chi connectivity index (χ3n) is 4.64. The molecule has 0 saturated carbocycles. The van der Waals surface area contributed by atoms with Crippen molar-refractivity contribution in [1.29, 1.82) is 0 Å². The quantitative estimate of drug-likeness (QED) is 0.745. The maximum atomic E-state index is 12.2. The zero-order valence-corrected chi connectivity index (χ0v) is 14.9. The van der Waals surface area contributed by atoms with Gasteiger partial charge in [-0.05, 0) is 37.3 Å². The molecule has 2 N–H and O–H groups in total. The van der Waals surface area contributed by atoms with Crippen LogP contribution >= 0.6 is 0 Å². The van der Waals surface area contributed by atoms with Crippen molar-refractivity contribution >= 4 is 17.9 Å². The van der Waals surface area contributed by atoms with Gasteiger partial charge in [0.2, 0.25) is 11.8 Å². The number of hydrogen-bond donors (Lipinski definition) is 2. The van der Waals surface area contributed by atoms with E-state index in [0.29, 0.717) is 45.3 Å². The molecule has 0 aliphatic carbocycles. The van der Waals surface area contributed by atoms with Crippen molar-refractivity contribution in [2.75, 3.05) is 19.6 Å². The van der Waals surface area contributed by atoms with E-state index in [2.05, 4.69) is 5.32 Å². The number of carbonyl (C=O) groups is 2. The molecule has 0 bridgehead atoms. The molecule has 0 spiro atoms. The van der Waals surface area contributed by atoms with Crippen LogP contribution < -0.4 is 5.32 Å². The Balaban J connectivity index is 1.72. The summed E-state index contributed by atoms with van der Waals surface area (Å²) in [5.74, 6) is -0.00932. The summed E-state index contributed by atoms with van der Waals surface area (Å²) < 4.78 is 0. The first-order chi connectivity index (χ1) is 12.1. The van der Waals surface area contributed by atoms with Crippen molar-refractivity contribution in [3.8, 4) is 0 Å². The van der Waals surface area contributed by atoms with E-state index in [1.807, 2.05) is 43.3 Å². The summed E-state index contributed by atoms with van der Waals surface area (Å²) in [7, 11) is 0. The minimum absolute atomic E-state index is 0.00576. The molecule has 1 aromatic carbocycles. The number of aliphatic hydroxyl groups is 1. The van der Waals surface area contributed by atoms with Crippen molar-refractivity contribution in [3.05, 3.63) is 42.0 Å². The molecular weight excluding hydrogens is 316 g/mol. The van der Waals surface area contributed by atoms with Gasteiger partial charge in [0.1, 0.15) is 0 Å². The van der Waals surface area contributed by atoms with Gasteiger partial charge in [-0.2, -0.15) is 0 Å². The van der Waals surface area contributed by atoms with Crippen molar-refractivity contribution in [1.82, 2.24) is 10.2 Å². The Morgan fingerprint density at radius 1 is 1.28 bits per heavy atom.